The van der Waals surface area contributed by atoms with E-state index in [-0.39, 0.29) is 11.9 Å². The van der Waals surface area contributed by atoms with Crippen LogP contribution in [0.25, 0.3) is 0 Å². The summed E-state index contributed by atoms with van der Waals surface area (Å²) in [5, 5.41) is 3.21. The van der Waals surface area contributed by atoms with E-state index in [0.29, 0.717) is 17.9 Å². The maximum absolute atomic E-state index is 13.2. The van der Waals surface area contributed by atoms with Gasteiger partial charge in [0.05, 0.1) is 6.04 Å². The van der Waals surface area contributed by atoms with Crippen LogP contribution < -0.4 is 10.1 Å². The summed E-state index contributed by atoms with van der Waals surface area (Å²) in [5.41, 5.74) is 4.91. The highest BCUT2D eigenvalue weighted by molar-refractivity contribution is 5.95. The lowest BCUT2D eigenvalue weighted by Crippen LogP contribution is -2.29. The molecule has 4 rings (SSSR count). The molecule has 3 nitrogen and oxygen atoms in total. The van der Waals surface area contributed by atoms with E-state index in [0.717, 1.165) is 22.3 Å². The van der Waals surface area contributed by atoms with Gasteiger partial charge in [-0.15, -0.1) is 0 Å². The molecule has 1 amide bonds. The number of nitrogens with one attached hydrogen (secondary N) is 1. The molecule has 0 bridgehead atoms. The summed E-state index contributed by atoms with van der Waals surface area (Å²) in [5.74, 6) is 0.533. The van der Waals surface area contributed by atoms with Gasteiger partial charge in [0.2, 0.25) is 0 Å². The van der Waals surface area contributed by atoms with Crippen LogP contribution in [0.3, 0.4) is 0 Å². The summed E-state index contributed by atoms with van der Waals surface area (Å²) < 4.78 is 5.90. The second kappa shape index (κ2) is 9.77. The van der Waals surface area contributed by atoms with Crippen LogP contribution in [0.4, 0.5) is 0 Å². The van der Waals surface area contributed by atoms with Crippen molar-refractivity contribution < 1.29 is 9.53 Å². The third-order valence-corrected chi connectivity index (χ3v) is 5.25. The number of ether oxygens (including phenoxy) is 1. The summed E-state index contributed by atoms with van der Waals surface area (Å²) in [6, 6.07) is 35.2. The molecule has 0 heterocycles. The summed E-state index contributed by atoms with van der Waals surface area (Å²) in [7, 11) is 0. The SMILES string of the molecule is Cc1ccccc1[C@@H](NC(=O)c1cccc(OCc2ccccc2)c1)c1ccccc1. The third kappa shape index (κ3) is 5.20. The minimum atomic E-state index is -0.233. The Labute approximate surface area is 183 Å². The molecule has 0 aliphatic carbocycles. The Morgan fingerprint density at radius 1 is 0.806 bits per heavy atom. The molecule has 0 saturated heterocycles. The molecule has 31 heavy (non-hydrogen) atoms. The van der Waals surface area contributed by atoms with Crippen molar-refractivity contribution in [1.82, 2.24) is 5.32 Å². The number of rotatable bonds is 7. The van der Waals surface area contributed by atoms with Gasteiger partial charge in [-0.25, -0.2) is 0 Å². The first kappa shape index (κ1) is 20.4. The lowest BCUT2D eigenvalue weighted by Gasteiger charge is -2.22. The molecule has 1 N–H and O–H groups in total. The fraction of sp³-hybridized carbons (Fsp3) is 0.107. The quantitative estimate of drug-likeness (QED) is 0.402. The molecule has 0 aliphatic rings. The van der Waals surface area contributed by atoms with Crippen molar-refractivity contribution in [2.75, 3.05) is 0 Å². The predicted octanol–water partition coefficient (Wildman–Crippen LogP) is 6.09. The van der Waals surface area contributed by atoms with Gasteiger partial charge in [-0.2, -0.15) is 0 Å². The van der Waals surface area contributed by atoms with E-state index in [1.54, 1.807) is 6.07 Å². The molecule has 154 valence electrons. The fourth-order valence-electron chi connectivity index (χ4n) is 3.58. The van der Waals surface area contributed by atoms with Crippen LogP contribution in [0.15, 0.2) is 109 Å². The Hall–Kier alpha value is -3.85. The van der Waals surface area contributed by atoms with E-state index in [1.807, 2.05) is 91.0 Å². The van der Waals surface area contributed by atoms with Crippen molar-refractivity contribution in [2.45, 2.75) is 19.6 Å². The van der Waals surface area contributed by atoms with Gasteiger partial charge in [-0.3, -0.25) is 4.79 Å². The number of hydrogen-bond acceptors (Lipinski definition) is 2. The zero-order valence-electron chi connectivity index (χ0n) is 17.5. The normalized spacial score (nSPS) is 11.5. The fourth-order valence-corrected chi connectivity index (χ4v) is 3.58. The summed E-state index contributed by atoms with van der Waals surface area (Å²) in [6.45, 7) is 2.53. The second-order valence-corrected chi connectivity index (χ2v) is 7.48. The van der Waals surface area contributed by atoms with E-state index in [1.165, 1.54) is 0 Å². The van der Waals surface area contributed by atoms with Gasteiger partial charge in [-0.1, -0.05) is 91.0 Å². The Bertz CT molecular complexity index is 1140. The van der Waals surface area contributed by atoms with Crippen LogP contribution in [-0.2, 0) is 6.61 Å². The number of aryl methyl sites for hydroxylation is 1. The van der Waals surface area contributed by atoms with Crippen LogP contribution in [-0.4, -0.2) is 5.91 Å². The van der Waals surface area contributed by atoms with Gasteiger partial charge >= 0.3 is 0 Å². The van der Waals surface area contributed by atoms with Gasteiger partial charge in [0.15, 0.2) is 0 Å². The van der Waals surface area contributed by atoms with Gasteiger partial charge in [-0.05, 0) is 47.4 Å². The Morgan fingerprint density at radius 3 is 2.23 bits per heavy atom. The molecule has 1 atom stereocenters. The Morgan fingerprint density at radius 2 is 1.48 bits per heavy atom. The number of carbonyl (C=O) groups is 1. The maximum Gasteiger partial charge on any atom is 0.252 e. The average molecular weight is 408 g/mol. The lowest BCUT2D eigenvalue weighted by molar-refractivity contribution is 0.0942. The molecule has 0 fully saturated rings. The van der Waals surface area contributed by atoms with E-state index >= 15 is 0 Å². The summed E-state index contributed by atoms with van der Waals surface area (Å²) in [4.78, 5) is 13.2. The Kier molecular flexibility index (Phi) is 6.44. The monoisotopic (exact) mass is 407 g/mol. The molecular weight excluding hydrogens is 382 g/mol. The smallest absolute Gasteiger partial charge is 0.252 e. The minimum absolute atomic E-state index is 0.137. The molecular formula is C28H25NO2. The molecule has 0 saturated carbocycles. The number of benzene rings is 4. The topological polar surface area (TPSA) is 38.3 Å². The molecule has 0 aromatic heterocycles. The highest BCUT2D eigenvalue weighted by Gasteiger charge is 2.19. The number of amides is 1. The van der Waals surface area contributed by atoms with E-state index < -0.39 is 0 Å². The van der Waals surface area contributed by atoms with Crippen LogP contribution in [0.2, 0.25) is 0 Å². The largest absolute Gasteiger partial charge is 0.489 e. The van der Waals surface area contributed by atoms with Gasteiger partial charge in [0.25, 0.3) is 5.91 Å². The maximum atomic E-state index is 13.2. The highest BCUT2D eigenvalue weighted by atomic mass is 16.5. The zero-order valence-corrected chi connectivity index (χ0v) is 17.5. The molecule has 0 spiro atoms. The molecule has 0 unspecified atom stereocenters. The van der Waals surface area contributed by atoms with Gasteiger partial charge < -0.3 is 10.1 Å². The van der Waals surface area contributed by atoms with E-state index in [4.69, 9.17) is 4.74 Å². The highest BCUT2D eigenvalue weighted by Crippen LogP contribution is 2.25. The summed E-state index contributed by atoms with van der Waals surface area (Å²) >= 11 is 0. The van der Waals surface area contributed by atoms with Gasteiger partial charge in [0.1, 0.15) is 12.4 Å². The first-order chi connectivity index (χ1) is 15.2. The van der Waals surface area contributed by atoms with Crippen LogP contribution >= 0.6 is 0 Å². The lowest BCUT2D eigenvalue weighted by atomic mass is 9.94. The predicted molar refractivity (Wildman–Crippen MR) is 124 cm³/mol. The molecule has 4 aromatic carbocycles. The van der Waals surface area contributed by atoms with Crippen molar-refractivity contribution in [3.05, 3.63) is 137 Å². The molecule has 4 aromatic rings. The third-order valence-electron chi connectivity index (χ3n) is 5.25. The Balaban J connectivity index is 1.54. The van der Waals surface area contributed by atoms with Crippen LogP contribution in [0.1, 0.15) is 38.7 Å². The standard InChI is InChI=1S/C28H25NO2/c1-21-11-8-9-18-26(21)27(23-14-6-3-7-15-23)29-28(30)24-16-10-17-25(19-24)31-20-22-12-4-2-5-13-22/h2-19,27H,20H2,1H3,(H,29,30)/t27-/m0/s1. The zero-order chi connectivity index (χ0) is 21.5. The second-order valence-electron chi connectivity index (χ2n) is 7.48. The van der Waals surface area contributed by atoms with Crippen molar-refractivity contribution in [2.24, 2.45) is 0 Å². The van der Waals surface area contributed by atoms with Crippen LogP contribution in [0, 0.1) is 6.92 Å². The molecule has 0 aliphatic heterocycles. The van der Waals surface area contributed by atoms with Crippen molar-refractivity contribution >= 4 is 5.91 Å². The van der Waals surface area contributed by atoms with Crippen molar-refractivity contribution in [3.8, 4) is 5.75 Å². The minimum Gasteiger partial charge on any atom is -0.489 e. The first-order valence-corrected chi connectivity index (χ1v) is 10.4. The van der Waals surface area contributed by atoms with Gasteiger partial charge in [0, 0.05) is 5.56 Å². The van der Waals surface area contributed by atoms with Crippen molar-refractivity contribution in [1.29, 1.82) is 0 Å². The van der Waals surface area contributed by atoms with E-state index in [9.17, 15) is 4.79 Å². The summed E-state index contributed by atoms with van der Waals surface area (Å²) in [6.07, 6.45) is 0. The molecule has 0 radical (unpaired) electrons. The first-order valence-electron chi connectivity index (χ1n) is 10.4. The number of carbonyl (C=O) groups excluding carboxylic acids is 1. The van der Waals surface area contributed by atoms with Crippen LogP contribution in [0.5, 0.6) is 5.75 Å². The molecule has 3 heteroatoms. The van der Waals surface area contributed by atoms with Crippen molar-refractivity contribution in [3.63, 3.8) is 0 Å². The van der Waals surface area contributed by atoms with E-state index in [2.05, 4.69) is 24.4 Å². The average Bonchev–Trinajstić information content (AvgIpc) is 2.83. The number of hydrogen-bond donors (Lipinski definition) is 1.